The van der Waals surface area contributed by atoms with Gasteiger partial charge in [-0.05, 0) is 30.7 Å². The molecule has 1 heterocycles. The van der Waals surface area contributed by atoms with E-state index in [9.17, 15) is 0 Å². The van der Waals surface area contributed by atoms with E-state index in [1.54, 1.807) is 31.4 Å². The summed E-state index contributed by atoms with van der Waals surface area (Å²) >= 11 is 0. The monoisotopic (exact) mass is 193 g/mol. The standard InChI is InChI=1S/C9H11N3O2/c1-7(9(6-13)11-12-10)5-8-3-2-4-14-8/h2-5,9,13H,6H2,1H3/b7-5+. The lowest BCUT2D eigenvalue weighted by atomic mass is 10.1. The van der Waals surface area contributed by atoms with Gasteiger partial charge in [-0.15, -0.1) is 0 Å². The molecule has 1 unspecified atom stereocenters. The molecule has 0 aliphatic rings. The van der Waals surface area contributed by atoms with Gasteiger partial charge in [0.25, 0.3) is 0 Å². The number of aliphatic hydroxyl groups is 1. The van der Waals surface area contributed by atoms with Gasteiger partial charge in [0.15, 0.2) is 0 Å². The first-order chi connectivity index (χ1) is 6.77. The molecule has 0 amide bonds. The first-order valence-corrected chi connectivity index (χ1v) is 4.14. The highest BCUT2D eigenvalue weighted by molar-refractivity contribution is 5.48. The Bertz CT molecular complexity index is 350. The van der Waals surface area contributed by atoms with Crippen molar-refractivity contribution in [2.75, 3.05) is 6.61 Å². The number of nitrogens with zero attached hydrogens (tertiary/aromatic N) is 3. The zero-order valence-corrected chi connectivity index (χ0v) is 7.79. The Morgan fingerprint density at radius 2 is 2.64 bits per heavy atom. The van der Waals surface area contributed by atoms with Crippen molar-refractivity contribution in [1.82, 2.24) is 0 Å². The first-order valence-electron chi connectivity index (χ1n) is 4.14. The fourth-order valence-corrected chi connectivity index (χ4v) is 1.03. The molecule has 0 radical (unpaired) electrons. The van der Waals surface area contributed by atoms with Crippen molar-refractivity contribution in [1.29, 1.82) is 0 Å². The average Bonchev–Trinajstić information content (AvgIpc) is 2.66. The number of azide groups is 1. The number of hydrogen-bond acceptors (Lipinski definition) is 3. The van der Waals surface area contributed by atoms with Crippen molar-refractivity contribution in [3.8, 4) is 0 Å². The van der Waals surface area contributed by atoms with E-state index in [1.165, 1.54) is 0 Å². The lowest BCUT2D eigenvalue weighted by molar-refractivity contribution is 0.280. The van der Waals surface area contributed by atoms with E-state index in [4.69, 9.17) is 15.1 Å². The molecule has 0 saturated heterocycles. The van der Waals surface area contributed by atoms with Gasteiger partial charge in [-0.2, -0.15) is 0 Å². The van der Waals surface area contributed by atoms with Crippen LogP contribution in [0.4, 0.5) is 0 Å². The minimum atomic E-state index is -0.523. The third-order valence-corrected chi connectivity index (χ3v) is 1.80. The Morgan fingerprint density at radius 3 is 3.14 bits per heavy atom. The van der Waals surface area contributed by atoms with Crippen LogP contribution in [0.15, 0.2) is 33.5 Å². The van der Waals surface area contributed by atoms with Crippen LogP contribution >= 0.6 is 0 Å². The Labute approximate surface area is 81.3 Å². The smallest absolute Gasteiger partial charge is 0.126 e. The van der Waals surface area contributed by atoms with E-state index in [0.29, 0.717) is 5.76 Å². The van der Waals surface area contributed by atoms with Crippen molar-refractivity contribution in [3.63, 3.8) is 0 Å². The maximum absolute atomic E-state index is 8.92. The van der Waals surface area contributed by atoms with Crippen LogP contribution in [-0.2, 0) is 0 Å². The van der Waals surface area contributed by atoms with Gasteiger partial charge in [-0.3, -0.25) is 0 Å². The van der Waals surface area contributed by atoms with Crippen molar-refractivity contribution in [2.45, 2.75) is 13.0 Å². The van der Waals surface area contributed by atoms with E-state index in [2.05, 4.69) is 10.0 Å². The van der Waals surface area contributed by atoms with E-state index >= 15 is 0 Å². The maximum Gasteiger partial charge on any atom is 0.126 e. The highest BCUT2D eigenvalue weighted by Gasteiger charge is 2.06. The molecule has 5 nitrogen and oxygen atoms in total. The lowest BCUT2D eigenvalue weighted by Crippen LogP contribution is -2.10. The van der Waals surface area contributed by atoms with Crippen molar-refractivity contribution < 1.29 is 9.52 Å². The molecule has 0 bridgehead atoms. The molecule has 0 fully saturated rings. The third-order valence-electron chi connectivity index (χ3n) is 1.80. The molecular formula is C9H11N3O2. The summed E-state index contributed by atoms with van der Waals surface area (Å²) in [7, 11) is 0. The summed E-state index contributed by atoms with van der Waals surface area (Å²) in [6, 6.07) is 3.03. The zero-order valence-electron chi connectivity index (χ0n) is 7.79. The summed E-state index contributed by atoms with van der Waals surface area (Å²) in [5.74, 6) is 0.675. The van der Waals surface area contributed by atoms with Crippen LogP contribution in [0.1, 0.15) is 12.7 Å². The predicted molar refractivity (Wildman–Crippen MR) is 52.4 cm³/mol. The van der Waals surface area contributed by atoms with Gasteiger partial charge in [-0.1, -0.05) is 10.7 Å². The topological polar surface area (TPSA) is 82.1 Å². The predicted octanol–water partition coefficient (Wildman–Crippen LogP) is 2.35. The van der Waals surface area contributed by atoms with E-state index in [1.807, 2.05) is 0 Å². The summed E-state index contributed by atoms with van der Waals surface area (Å²) in [6.45, 7) is 1.57. The molecule has 1 N–H and O–H groups in total. The molecule has 1 aromatic rings. The summed E-state index contributed by atoms with van der Waals surface area (Å²) in [6.07, 6.45) is 3.29. The van der Waals surface area contributed by atoms with Gasteiger partial charge in [0.1, 0.15) is 5.76 Å². The van der Waals surface area contributed by atoms with Gasteiger partial charge in [-0.25, -0.2) is 0 Å². The van der Waals surface area contributed by atoms with Gasteiger partial charge < -0.3 is 9.52 Å². The second-order valence-corrected chi connectivity index (χ2v) is 2.81. The Hall–Kier alpha value is -1.71. The van der Waals surface area contributed by atoms with Crippen LogP contribution in [0.25, 0.3) is 16.5 Å². The molecule has 74 valence electrons. The number of furan rings is 1. The fourth-order valence-electron chi connectivity index (χ4n) is 1.03. The lowest BCUT2D eigenvalue weighted by Gasteiger charge is -2.06. The minimum Gasteiger partial charge on any atom is -0.465 e. The fraction of sp³-hybridized carbons (Fsp3) is 0.333. The largest absolute Gasteiger partial charge is 0.465 e. The molecule has 1 atom stereocenters. The van der Waals surface area contributed by atoms with Crippen molar-refractivity contribution in [2.24, 2.45) is 5.11 Å². The summed E-state index contributed by atoms with van der Waals surface area (Å²) in [4.78, 5) is 2.65. The third kappa shape index (κ3) is 2.65. The number of aliphatic hydroxyl groups excluding tert-OH is 1. The van der Waals surface area contributed by atoms with Crippen LogP contribution in [-0.4, -0.2) is 17.8 Å². The molecule has 14 heavy (non-hydrogen) atoms. The summed E-state index contributed by atoms with van der Waals surface area (Å²) in [5.41, 5.74) is 9.00. The van der Waals surface area contributed by atoms with Crippen LogP contribution in [0, 0.1) is 0 Å². The molecule has 0 aromatic carbocycles. The Kier molecular flexibility index (Phi) is 3.79. The van der Waals surface area contributed by atoms with Crippen LogP contribution in [0.5, 0.6) is 0 Å². The molecule has 0 aliphatic carbocycles. The SMILES string of the molecule is C/C(=C\c1ccco1)C(CO)N=[N+]=[N-]. The van der Waals surface area contributed by atoms with Gasteiger partial charge in [0.05, 0.1) is 18.9 Å². The van der Waals surface area contributed by atoms with Gasteiger partial charge in [0, 0.05) is 4.91 Å². The molecule has 0 spiro atoms. The quantitative estimate of drug-likeness (QED) is 0.452. The van der Waals surface area contributed by atoms with Crippen LogP contribution in [0.2, 0.25) is 0 Å². The maximum atomic E-state index is 8.92. The van der Waals surface area contributed by atoms with E-state index in [-0.39, 0.29) is 6.61 Å². The van der Waals surface area contributed by atoms with Crippen LogP contribution < -0.4 is 0 Å². The summed E-state index contributed by atoms with van der Waals surface area (Å²) in [5, 5.41) is 12.4. The first kappa shape index (κ1) is 10.4. The van der Waals surface area contributed by atoms with Gasteiger partial charge in [0.2, 0.25) is 0 Å². The second-order valence-electron chi connectivity index (χ2n) is 2.81. The molecule has 1 rings (SSSR count). The van der Waals surface area contributed by atoms with Crippen molar-refractivity contribution >= 4 is 6.08 Å². The second kappa shape index (κ2) is 5.11. The van der Waals surface area contributed by atoms with E-state index in [0.717, 1.165) is 5.57 Å². The highest BCUT2D eigenvalue weighted by atomic mass is 16.3. The van der Waals surface area contributed by atoms with Crippen molar-refractivity contribution in [3.05, 3.63) is 40.2 Å². The Morgan fingerprint density at radius 1 is 1.86 bits per heavy atom. The highest BCUT2D eigenvalue weighted by Crippen LogP contribution is 2.12. The molecule has 1 aromatic heterocycles. The number of hydrogen-bond donors (Lipinski definition) is 1. The minimum absolute atomic E-state index is 0.201. The summed E-state index contributed by atoms with van der Waals surface area (Å²) < 4.78 is 5.08. The van der Waals surface area contributed by atoms with Crippen LogP contribution in [0.3, 0.4) is 0 Å². The normalized spacial score (nSPS) is 13.4. The Balaban J connectivity index is 2.81. The number of rotatable bonds is 4. The van der Waals surface area contributed by atoms with E-state index < -0.39 is 6.04 Å². The average molecular weight is 193 g/mol. The van der Waals surface area contributed by atoms with Gasteiger partial charge >= 0.3 is 0 Å². The molecule has 0 aliphatic heterocycles. The molecule has 0 saturated carbocycles. The molecular weight excluding hydrogens is 182 g/mol. The zero-order chi connectivity index (χ0) is 10.4. The molecule has 5 heteroatoms.